The van der Waals surface area contributed by atoms with Crippen molar-refractivity contribution in [1.82, 2.24) is 10.3 Å². The minimum atomic E-state index is -1.08. The number of nitrogens with one attached hydrogen (secondary N) is 1. The number of furan rings is 1. The van der Waals surface area contributed by atoms with Gasteiger partial charge in [0.2, 0.25) is 0 Å². The van der Waals surface area contributed by atoms with Crippen LogP contribution in [0.15, 0.2) is 35.6 Å². The highest BCUT2D eigenvalue weighted by Crippen LogP contribution is 2.22. The summed E-state index contributed by atoms with van der Waals surface area (Å²) in [5, 5.41) is 10.8. The summed E-state index contributed by atoms with van der Waals surface area (Å²) in [6.45, 7) is 3.97. The fourth-order valence-electron chi connectivity index (χ4n) is 1.43. The van der Waals surface area contributed by atoms with Crippen molar-refractivity contribution < 1.29 is 14.3 Å². The lowest BCUT2D eigenvalue weighted by Gasteiger charge is -2.05. The van der Waals surface area contributed by atoms with Crippen molar-refractivity contribution >= 4 is 22.8 Å². The number of hydrogen-bond donors (Lipinski definition) is 2. The van der Waals surface area contributed by atoms with Crippen LogP contribution < -0.4 is 5.32 Å². The minimum absolute atomic E-state index is 0.162. The third-order valence-electron chi connectivity index (χ3n) is 2.18. The van der Waals surface area contributed by atoms with Gasteiger partial charge in [-0.25, -0.2) is 4.79 Å². The molecule has 2 heterocycles. The molecule has 2 aromatic heterocycles. The quantitative estimate of drug-likeness (QED) is 0.827. The molecule has 16 heavy (non-hydrogen) atoms. The molecule has 0 fully saturated rings. The second-order valence-electron chi connectivity index (χ2n) is 3.26. The molecule has 0 spiro atoms. The summed E-state index contributed by atoms with van der Waals surface area (Å²) in [5.41, 5.74) is 2.77. The van der Waals surface area contributed by atoms with Crippen LogP contribution in [0.5, 0.6) is 0 Å². The molecular weight excluding hydrogens is 208 g/mol. The van der Waals surface area contributed by atoms with Crippen molar-refractivity contribution in [2.75, 3.05) is 6.54 Å². The van der Waals surface area contributed by atoms with E-state index in [4.69, 9.17) is 9.52 Å². The van der Waals surface area contributed by atoms with Crippen molar-refractivity contribution in [3.63, 3.8) is 0 Å². The normalized spacial score (nSPS) is 10.2. The number of rotatable bonds is 3. The first-order valence-electron chi connectivity index (χ1n) is 4.65. The van der Waals surface area contributed by atoms with Crippen LogP contribution in [-0.4, -0.2) is 22.7 Å². The summed E-state index contributed by atoms with van der Waals surface area (Å²) < 4.78 is 5.28. The number of aromatic nitrogens is 1. The first-order chi connectivity index (χ1) is 7.68. The Bertz CT molecular complexity index is 545. The molecule has 0 radical (unpaired) electrons. The van der Waals surface area contributed by atoms with E-state index in [0.29, 0.717) is 11.2 Å². The van der Waals surface area contributed by atoms with Crippen LogP contribution in [0.1, 0.15) is 5.56 Å². The molecule has 0 aliphatic heterocycles. The lowest BCUT2D eigenvalue weighted by atomic mass is 10.1. The molecule has 5 heteroatoms. The number of nitrogens with zero attached hydrogens (tertiary/aromatic N) is 1. The first-order valence-corrected chi connectivity index (χ1v) is 4.65. The van der Waals surface area contributed by atoms with Gasteiger partial charge in [0.15, 0.2) is 5.58 Å². The highest BCUT2D eigenvalue weighted by Gasteiger charge is 2.08. The maximum Gasteiger partial charge on any atom is 0.404 e. The number of pyridine rings is 1. The van der Waals surface area contributed by atoms with E-state index in [-0.39, 0.29) is 6.54 Å². The van der Waals surface area contributed by atoms with Gasteiger partial charge < -0.3 is 14.8 Å². The predicted molar refractivity (Wildman–Crippen MR) is 59.1 cm³/mol. The van der Waals surface area contributed by atoms with Crippen molar-refractivity contribution in [1.29, 1.82) is 0 Å². The van der Waals surface area contributed by atoms with Crippen LogP contribution in [0.4, 0.5) is 4.79 Å². The van der Waals surface area contributed by atoms with E-state index in [1.54, 1.807) is 24.6 Å². The zero-order valence-electron chi connectivity index (χ0n) is 8.43. The number of amides is 1. The second kappa shape index (κ2) is 4.06. The van der Waals surface area contributed by atoms with E-state index in [1.807, 2.05) is 0 Å². The molecule has 1 amide bonds. The molecular formula is C11H10N2O3. The van der Waals surface area contributed by atoms with Crippen LogP contribution in [0.3, 0.4) is 0 Å². The highest BCUT2D eigenvalue weighted by atomic mass is 16.4. The number of fused-ring (bicyclic) bond motifs is 1. The molecule has 0 bridgehead atoms. The Balaban J connectivity index is 2.29. The van der Waals surface area contributed by atoms with E-state index >= 15 is 0 Å². The molecule has 0 saturated carbocycles. The Kier molecular flexibility index (Phi) is 2.59. The van der Waals surface area contributed by atoms with Gasteiger partial charge in [-0.3, -0.25) is 4.98 Å². The van der Waals surface area contributed by atoms with E-state index < -0.39 is 6.09 Å². The van der Waals surface area contributed by atoms with Gasteiger partial charge >= 0.3 is 6.09 Å². The van der Waals surface area contributed by atoms with Crippen LogP contribution in [0.2, 0.25) is 0 Å². The number of carboxylic acid groups (broad SMARTS) is 1. The third-order valence-corrected chi connectivity index (χ3v) is 2.18. The van der Waals surface area contributed by atoms with Gasteiger partial charge in [-0.2, -0.15) is 0 Å². The summed E-state index contributed by atoms with van der Waals surface area (Å²) in [6.07, 6.45) is 2.10. The van der Waals surface area contributed by atoms with Crippen molar-refractivity contribution in [2.45, 2.75) is 0 Å². The average Bonchev–Trinajstić information content (AvgIpc) is 2.73. The standard InChI is InChI=1S/C11H10N2O3/c1-7(6-13-11(14)15)8-2-4-12-9-3-5-16-10(8)9/h2-5,13H,1,6H2,(H,14,15). The lowest BCUT2D eigenvalue weighted by Crippen LogP contribution is -2.22. The largest absolute Gasteiger partial charge is 0.465 e. The maximum atomic E-state index is 10.4. The summed E-state index contributed by atoms with van der Waals surface area (Å²) >= 11 is 0. The monoisotopic (exact) mass is 218 g/mol. The van der Waals surface area contributed by atoms with Gasteiger partial charge in [0.1, 0.15) is 5.52 Å². The van der Waals surface area contributed by atoms with Crippen molar-refractivity contribution in [3.8, 4) is 0 Å². The topological polar surface area (TPSA) is 75.4 Å². The maximum absolute atomic E-state index is 10.4. The van der Waals surface area contributed by atoms with Gasteiger partial charge in [-0.1, -0.05) is 6.58 Å². The fraction of sp³-hybridized carbons (Fsp3) is 0.0909. The van der Waals surface area contributed by atoms with Gasteiger partial charge in [-0.15, -0.1) is 0 Å². The van der Waals surface area contributed by atoms with Crippen LogP contribution in [0.25, 0.3) is 16.7 Å². The molecule has 2 aromatic rings. The summed E-state index contributed by atoms with van der Waals surface area (Å²) in [6, 6.07) is 3.49. The molecule has 2 rings (SSSR count). The van der Waals surface area contributed by atoms with Gasteiger partial charge in [0.05, 0.1) is 6.26 Å². The van der Waals surface area contributed by atoms with Gasteiger partial charge in [0, 0.05) is 24.4 Å². The molecule has 82 valence electrons. The summed E-state index contributed by atoms with van der Waals surface area (Å²) in [4.78, 5) is 14.5. The van der Waals surface area contributed by atoms with E-state index in [9.17, 15) is 4.79 Å². The lowest BCUT2D eigenvalue weighted by molar-refractivity contribution is 0.196. The van der Waals surface area contributed by atoms with Crippen molar-refractivity contribution in [3.05, 3.63) is 36.7 Å². The molecule has 2 N–H and O–H groups in total. The molecule has 0 aromatic carbocycles. The molecule has 0 atom stereocenters. The fourth-order valence-corrected chi connectivity index (χ4v) is 1.43. The Hall–Kier alpha value is -2.30. The Morgan fingerprint density at radius 1 is 1.56 bits per heavy atom. The smallest absolute Gasteiger partial charge is 0.404 e. The second-order valence-corrected chi connectivity index (χ2v) is 3.26. The molecule has 0 aliphatic carbocycles. The van der Waals surface area contributed by atoms with E-state index in [2.05, 4.69) is 16.9 Å². The zero-order valence-corrected chi connectivity index (χ0v) is 8.43. The summed E-state index contributed by atoms with van der Waals surface area (Å²) in [5.74, 6) is 0. The Morgan fingerprint density at radius 3 is 3.12 bits per heavy atom. The molecule has 5 nitrogen and oxygen atoms in total. The highest BCUT2D eigenvalue weighted by molar-refractivity contribution is 5.87. The summed E-state index contributed by atoms with van der Waals surface area (Å²) in [7, 11) is 0. The van der Waals surface area contributed by atoms with Crippen LogP contribution in [0, 0.1) is 0 Å². The molecule has 0 saturated heterocycles. The van der Waals surface area contributed by atoms with Crippen LogP contribution in [-0.2, 0) is 0 Å². The third kappa shape index (κ3) is 1.88. The Labute approximate surface area is 91.4 Å². The molecule has 0 unspecified atom stereocenters. The number of carbonyl (C=O) groups is 1. The van der Waals surface area contributed by atoms with E-state index in [0.717, 1.165) is 11.1 Å². The van der Waals surface area contributed by atoms with Crippen molar-refractivity contribution in [2.24, 2.45) is 0 Å². The predicted octanol–water partition coefficient (Wildman–Crippen LogP) is 2.11. The Morgan fingerprint density at radius 2 is 2.38 bits per heavy atom. The SMILES string of the molecule is C=C(CNC(=O)O)c1ccnc2ccoc12. The van der Waals surface area contributed by atoms with Crippen LogP contribution >= 0.6 is 0 Å². The first kappa shape index (κ1) is 10.2. The van der Waals surface area contributed by atoms with E-state index in [1.165, 1.54) is 0 Å². The minimum Gasteiger partial charge on any atom is -0.465 e. The average molecular weight is 218 g/mol. The number of hydrogen-bond acceptors (Lipinski definition) is 3. The molecule has 0 aliphatic rings. The zero-order chi connectivity index (χ0) is 11.5. The van der Waals surface area contributed by atoms with Gasteiger partial charge in [0.25, 0.3) is 0 Å². The van der Waals surface area contributed by atoms with Gasteiger partial charge in [-0.05, 0) is 11.6 Å².